The quantitative estimate of drug-likeness (QED) is 0.467. The van der Waals surface area contributed by atoms with Gasteiger partial charge in [-0.15, -0.1) is 0 Å². The molecule has 0 unspecified atom stereocenters. The van der Waals surface area contributed by atoms with Crippen LogP contribution in [0.4, 0.5) is 4.39 Å². The minimum absolute atomic E-state index is 0.0561. The number of carbonyl (C=O) groups excluding carboxylic acids is 2. The number of fused-ring (bicyclic) bond motifs is 2. The second kappa shape index (κ2) is 8.54. The van der Waals surface area contributed by atoms with Crippen LogP contribution >= 0.6 is 0 Å². The Morgan fingerprint density at radius 3 is 2.74 bits per heavy atom. The Kier molecular flexibility index (Phi) is 5.40. The van der Waals surface area contributed by atoms with Gasteiger partial charge in [0, 0.05) is 31.1 Å². The lowest BCUT2D eigenvalue weighted by molar-refractivity contribution is 0.0594. The van der Waals surface area contributed by atoms with E-state index in [9.17, 15) is 18.8 Å². The molecule has 0 radical (unpaired) electrons. The van der Waals surface area contributed by atoms with Gasteiger partial charge in [0.1, 0.15) is 11.6 Å². The van der Waals surface area contributed by atoms with Crippen LogP contribution in [0.3, 0.4) is 0 Å². The van der Waals surface area contributed by atoms with Crippen LogP contribution in [0.5, 0.6) is 0 Å². The van der Waals surface area contributed by atoms with Gasteiger partial charge in [-0.2, -0.15) is 5.10 Å². The van der Waals surface area contributed by atoms with Gasteiger partial charge in [-0.25, -0.2) is 19.3 Å². The van der Waals surface area contributed by atoms with E-state index in [1.807, 2.05) is 6.07 Å². The van der Waals surface area contributed by atoms with Crippen LogP contribution in [0.1, 0.15) is 37.9 Å². The Morgan fingerprint density at radius 2 is 1.94 bits per heavy atom. The average Bonchev–Trinajstić information content (AvgIpc) is 3.29. The summed E-state index contributed by atoms with van der Waals surface area (Å²) in [6.07, 6.45) is 1.90. The van der Waals surface area contributed by atoms with E-state index in [2.05, 4.69) is 15.2 Å². The summed E-state index contributed by atoms with van der Waals surface area (Å²) >= 11 is 0. The number of hydrogen-bond acceptors (Lipinski definition) is 6. The molecule has 1 aliphatic rings. The number of carbonyl (C=O) groups is 2. The maximum Gasteiger partial charge on any atom is 0.358 e. The van der Waals surface area contributed by atoms with Crippen LogP contribution in [0.2, 0.25) is 0 Å². The molecule has 2 aromatic heterocycles. The Hall–Kier alpha value is -4.34. The second-order valence-electron chi connectivity index (χ2n) is 7.99. The number of H-pyrrole nitrogens is 1. The molecule has 0 bridgehead atoms. The van der Waals surface area contributed by atoms with Crippen molar-refractivity contribution in [2.24, 2.45) is 0 Å². The number of rotatable bonds is 4. The minimum Gasteiger partial charge on any atom is -0.464 e. The first-order chi connectivity index (χ1) is 16.4. The molecule has 2 aromatic carbocycles. The molecule has 0 spiro atoms. The third-order valence-electron chi connectivity index (χ3n) is 5.89. The molecule has 5 rings (SSSR count). The Labute approximate surface area is 192 Å². The number of aromatic nitrogens is 4. The number of hydrogen-bond donors (Lipinski definition) is 1. The summed E-state index contributed by atoms with van der Waals surface area (Å²) in [6, 6.07) is 11.5. The first-order valence-electron chi connectivity index (χ1n) is 10.6. The molecular formula is C24H20FN5O4. The Morgan fingerprint density at radius 1 is 1.15 bits per heavy atom. The number of benzene rings is 2. The summed E-state index contributed by atoms with van der Waals surface area (Å²) in [4.78, 5) is 42.7. The maximum atomic E-state index is 14.7. The molecule has 0 fully saturated rings. The molecule has 1 N–H and O–H groups in total. The van der Waals surface area contributed by atoms with Crippen LogP contribution < -0.4 is 5.56 Å². The summed E-state index contributed by atoms with van der Waals surface area (Å²) in [5.74, 6) is -1.12. The molecule has 1 amide bonds. The molecule has 34 heavy (non-hydrogen) atoms. The fourth-order valence-corrected chi connectivity index (χ4v) is 4.14. The van der Waals surface area contributed by atoms with Gasteiger partial charge in [-0.05, 0) is 23.8 Å². The molecule has 4 aromatic rings. The van der Waals surface area contributed by atoms with Crippen molar-refractivity contribution in [3.05, 3.63) is 93.2 Å². The van der Waals surface area contributed by atoms with Crippen LogP contribution in [0.15, 0.2) is 53.5 Å². The number of aromatic amines is 1. The average molecular weight is 461 g/mol. The third-order valence-corrected chi connectivity index (χ3v) is 5.89. The predicted octanol–water partition coefficient (Wildman–Crippen LogP) is 2.29. The molecule has 1 aliphatic heterocycles. The largest absolute Gasteiger partial charge is 0.464 e. The van der Waals surface area contributed by atoms with Gasteiger partial charge < -0.3 is 14.2 Å². The van der Waals surface area contributed by atoms with Gasteiger partial charge >= 0.3 is 5.97 Å². The van der Waals surface area contributed by atoms with E-state index in [0.29, 0.717) is 47.4 Å². The van der Waals surface area contributed by atoms with Crippen LogP contribution in [-0.2, 0) is 24.2 Å². The molecular weight excluding hydrogens is 441 g/mol. The molecule has 9 nitrogen and oxygen atoms in total. The fourth-order valence-electron chi connectivity index (χ4n) is 4.14. The van der Waals surface area contributed by atoms with Gasteiger partial charge in [-0.3, -0.25) is 9.59 Å². The number of nitrogens with one attached hydrogen (secondary N) is 1. The van der Waals surface area contributed by atoms with E-state index in [-0.39, 0.29) is 23.4 Å². The first-order valence-corrected chi connectivity index (χ1v) is 10.6. The molecule has 0 aliphatic carbocycles. The highest BCUT2D eigenvalue weighted by Crippen LogP contribution is 2.21. The number of esters is 1. The van der Waals surface area contributed by atoms with Crippen molar-refractivity contribution >= 4 is 22.6 Å². The van der Waals surface area contributed by atoms with E-state index >= 15 is 0 Å². The number of amides is 1. The molecule has 0 saturated carbocycles. The lowest BCUT2D eigenvalue weighted by atomic mass is 10.0. The van der Waals surface area contributed by atoms with Gasteiger partial charge in [-0.1, -0.05) is 24.3 Å². The van der Waals surface area contributed by atoms with E-state index in [0.717, 1.165) is 0 Å². The van der Waals surface area contributed by atoms with E-state index in [1.165, 1.54) is 24.1 Å². The monoisotopic (exact) mass is 461 g/mol. The van der Waals surface area contributed by atoms with Gasteiger partial charge in [0.25, 0.3) is 11.5 Å². The minimum atomic E-state index is -0.628. The zero-order valence-corrected chi connectivity index (χ0v) is 18.2. The topological polar surface area (TPSA) is 110 Å². The number of methoxy groups -OCH3 is 1. The summed E-state index contributed by atoms with van der Waals surface area (Å²) in [7, 11) is 1.28. The van der Waals surface area contributed by atoms with Gasteiger partial charge in [0.15, 0.2) is 5.69 Å². The first kappa shape index (κ1) is 21.5. The van der Waals surface area contributed by atoms with Crippen LogP contribution in [0.25, 0.3) is 10.8 Å². The lowest BCUT2D eigenvalue weighted by Crippen LogP contribution is -2.38. The number of nitrogens with zero attached hydrogens (tertiary/aromatic N) is 4. The Bertz CT molecular complexity index is 1490. The summed E-state index contributed by atoms with van der Waals surface area (Å²) < 4.78 is 21.2. The number of halogens is 1. The van der Waals surface area contributed by atoms with Crippen LogP contribution in [0, 0.1) is 5.82 Å². The highest BCUT2D eigenvalue weighted by Gasteiger charge is 2.27. The summed E-state index contributed by atoms with van der Waals surface area (Å²) in [5, 5.41) is 7.87. The van der Waals surface area contributed by atoms with Crippen LogP contribution in [-0.4, -0.2) is 50.2 Å². The summed E-state index contributed by atoms with van der Waals surface area (Å²) in [6.45, 7) is 0.921. The highest BCUT2D eigenvalue weighted by molar-refractivity contribution is 5.95. The second-order valence-corrected chi connectivity index (χ2v) is 7.99. The zero-order valence-electron chi connectivity index (χ0n) is 18.2. The van der Waals surface area contributed by atoms with Gasteiger partial charge in [0.05, 0.1) is 30.3 Å². The van der Waals surface area contributed by atoms with Crippen molar-refractivity contribution in [2.75, 3.05) is 13.7 Å². The molecule has 172 valence electrons. The molecule has 10 heteroatoms. The van der Waals surface area contributed by atoms with Crippen molar-refractivity contribution in [2.45, 2.75) is 19.5 Å². The van der Waals surface area contributed by atoms with E-state index in [4.69, 9.17) is 4.74 Å². The van der Waals surface area contributed by atoms with Crippen molar-refractivity contribution in [3.8, 4) is 0 Å². The van der Waals surface area contributed by atoms with E-state index < -0.39 is 17.7 Å². The molecule has 3 heterocycles. The Balaban J connectivity index is 1.41. The van der Waals surface area contributed by atoms with Crippen molar-refractivity contribution in [3.63, 3.8) is 0 Å². The van der Waals surface area contributed by atoms with Crippen molar-refractivity contribution in [1.29, 1.82) is 0 Å². The summed E-state index contributed by atoms with van der Waals surface area (Å²) in [5.41, 5.74) is 1.13. The predicted molar refractivity (Wildman–Crippen MR) is 120 cm³/mol. The standard InChI is InChI=1S/C24H20FN5O4/c1-34-24(33)20-12-29-8-9-30(13-21(29)26-20)23(32)17-10-14(6-7-18(17)25)11-19-15-4-2-3-5-16(15)22(31)28-27-19/h2-7,10,12H,8-9,11,13H2,1H3,(H,28,31). The normalized spacial score (nSPS) is 13.1. The fraction of sp³-hybridized carbons (Fsp3) is 0.208. The van der Waals surface area contributed by atoms with Crippen molar-refractivity contribution in [1.82, 2.24) is 24.6 Å². The number of imidazole rings is 1. The lowest BCUT2D eigenvalue weighted by Gasteiger charge is -2.28. The maximum absolute atomic E-state index is 14.7. The molecule has 0 atom stereocenters. The molecule has 0 saturated heterocycles. The van der Waals surface area contributed by atoms with Gasteiger partial charge in [0.2, 0.25) is 0 Å². The van der Waals surface area contributed by atoms with Crippen molar-refractivity contribution < 1.29 is 18.7 Å². The highest BCUT2D eigenvalue weighted by atomic mass is 19.1. The smallest absolute Gasteiger partial charge is 0.358 e. The third kappa shape index (κ3) is 3.83. The number of ether oxygens (including phenoxy) is 1. The van der Waals surface area contributed by atoms with E-state index in [1.54, 1.807) is 35.0 Å². The zero-order chi connectivity index (χ0) is 23.8. The SMILES string of the molecule is COC(=O)c1cn2c(n1)CN(C(=O)c1cc(Cc3n[nH]c(=O)c4ccccc34)ccc1F)CC2.